The minimum absolute atomic E-state index is 0.113. The van der Waals surface area contributed by atoms with Crippen LogP contribution in [0, 0.1) is 20.8 Å². The number of carbonyl (C=O) groups is 1. The number of aromatic amines is 1. The molecule has 3 heterocycles. The Morgan fingerprint density at radius 3 is 2.67 bits per heavy atom. The van der Waals surface area contributed by atoms with Gasteiger partial charge < -0.3 is 4.98 Å². The number of benzene rings is 1. The molecule has 1 aromatic carbocycles. The smallest absolute Gasteiger partial charge is 0.254 e. The maximum atomic E-state index is 13.1. The molecule has 0 fully saturated rings. The number of hydrogen-bond acceptors (Lipinski definition) is 6. The van der Waals surface area contributed by atoms with E-state index in [-0.39, 0.29) is 23.3 Å². The number of hydrogen-bond donors (Lipinski definition) is 1. The summed E-state index contributed by atoms with van der Waals surface area (Å²) < 4.78 is 0. The van der Waals surface area contributed by atoms with Gasteiger partial charge in [0.25, 0.3) is 11.5 Å². The lowest BCUT2D eigenvalue weighted by atomic mass is 10.00. The van der Waals surface area contributed by atoms with Crippen molar-refractivity contribution in [2.24, 2.45) is 5.10 Å². The number of aromatic nitrogens is 2. The van der Waals surface area contributed by atoms with Crippen molar-refractivity contribution in [1.82, 2.24) is 15.0 Å². The molecule has 1 aliphatic heterocycles. The molecule has 4 rings (SSSR count). The molecule has 30 heavy (non-hydrogen) atoms. The first kappa shape index (κ1) is 20.6. The van der Waals surface area contributed by atoms with Crippen molar-refractivity contribution in [3.05, 3.63) is 79.4 Å². The monoisotopic (exact) mass is 438 g/mol. The largest absolute Gasteiger partial charge is 0.301 e. The fraction of sp³-hybridized carbons (Fsp3) is 0.273. The van der Waals surface area contributed by atoms with Crippen LogP contribution in [0.2, 0.25) is 0 Å². The van der Waals surface area contributed by atoms with Gasteiger partial charge in [-0.05, 0) is 37.8 Å². The number of thioether (sulfide) groups is 1. The van der Waals surface area contributed by atoms with E-state index in [1.807, 2.05) is 24.4 Å². The molecule has 0 spiro atoms. The van der Waals surface area contributed by atoms with Gasteiger partial charge in [-0.15, -0.1) is 11.3 Å². The molecular formula is C22H22N4O2S2. The lowest BCUT2D eigenvalue weighted by Gasteiger charge is -2.22. The summed E-state index contributed by atoms with van der Waals surface area (Å²) in [5.74, 6) is 0.0349. The predicted molar refractivity (Wildman–Crippen MR) is 121 cm³/mol. The first-order valence-corrected chi connectivity index (χ1v) is 11.5. The fourth-order valence-electron chi connectivity index (χ4n) is 3.26. The van der Waals surface area contributed by atoms with Crippen LogP contribution in [0.15, 0.2) is 56.8 Å². The lowest BCUT2D eigenvalue weighted by Crippen LogP contribution is -2.28. The van der Waals surface area contributed by atoms with Crippen molar-refractivity contribution in [3.63, 3.8) is 0 Å². The molecule has 1 N–H and O–H groups in total. The van der Waals surface area contributed by atoms with Gasteiger partial charge in [-0.25, -0.2) is 9.99 Å². The molecule has 0 aliphatic carbocycles. The summed E-state index contributed by atoms with van der Waals surface area (Å²) in [5, 5.41) is 8.73. The summed E-state index contributed by atoms with van der Waals surface area (Å²) in [6.07, 6.45) is 0.679. The number of H-pyrrole nitrogens is 1. The zero-order chi connectivity index (χ0) is 21.3. The third-order valence-corrected chi connectivity index (χ3v) is 6.92. The van der Waals surface area contributed by atoms with Crippen molar-refractivity contribution >= 4 is 34.7 Å². The van der Waals surface area contributed by atoms with E-state index >= 15 is 0 Å². The topological polar surface area (TPSA) is 78.4 Å². The van der Waals surface area contributed by atoms with Crippen molar-refractivity contribution in [2.75, 3.05) is 5.75 Å². The van der Waals surface area contributed by atoms with Gasteiger partial charge in [-0.2, -0.15) is 5.10 Å². The summed E-state index contributed by atoms with van der Waals surface area (Å²) in [7, 11) is 0. The second kappa shape index (κ2) is 8.57. The van der Waals surface area contributed by atoms with Gasteiger partial charge in [0, 0.05) is 17.7 Å². The van der Waals surface area contributed by atoms with Gasteiger partial charge in [0.2, 0.25) is 0 Å². The van der Waals surface area contributed by atoms with E-state index in [0.29, 0.717) is 22.8 Å². The summed E-state index contributed by atoms with van der Waals surface area (Å²) in [4.78, 5) is 33.3. The Labute approximate surface area is 183 Å². The first-order chi connectivity index (χ1) is 14.4. The zero-order valence-electron chi connectivity index (χ0n) is 17.0. The van der Waals surface area contributed by atoms with E-state index in [4.69, 9.17) is 0 Å². The first-order valence-electron chi connectivity index (χ1n) is 9.62. The summed E-state index contributed by atoms with van der Waals surface area (Å²) in [6, 6.07) is 12.1. The number of carbonyl (C=O) groups excluding carboxylic acids is 1. The minimum atomic E-state index is -0.172. The quantitative estimate of drug-likeness (QED) is 0.478. The average molecular weight is 439 g/mol. The van der Waals surface area contributed by atoms with Crippen LogP contribution in [0.4, 0.5) is 0 Å². The van der Waals surface area contributed by atoms with Crippen LogP contribution < -0.4 is 5.56 Å². The number of thiophene rings is 1. The third kappa shape index (κ3) is 4.24. The molecular weight excluding hydrogens is 416 g/mol. The standard InChI is InChI=1S/C22H22N4O2S2/c1-13-6-8-16(9-7-13)18-11-17(19-5-4-10-29-19)25-26(18)20(27)12-30-22-23-15(3)14(2)21(28)24-22/h4-10,18H,11-12H2,1-3H3,(H,23,24,28). The van der Waals surface area contributed by atoms with Crippen LogP contribution in [0.1, 0.15) is 39.7 Å². The molecule has 154 valence electrons. The number of hydrazone groups is 1. The summed E-state index contributed by atoms with van der Waals surface area (Å²) >= 11 is 2.85. The molecule has 1 atom stereocenters. The number of nitrogens with zero attached hydrogens (tertiary/aromatic N) is 3. The van der Waals surface area contributed by atoms with Gasteiger partial charge in [-0.1, -0.05) is 47.7 Å². The van der Waals surface area contributed by atoms with Crippen molar-refractivity contribution < 1.29 is 4.79 Å². The highest BCUT2D eigenvalue weighted by Crippen LogP contribution is 2.34. The van der Waals surface area contributed by atoms with Gasteiger partial charge >= 0.3 is 0 Å². The predicted octanol–water partition coefficient (Wildman–Crippen LogP) is 4.23. The molecule has 2 aromatic heterocycles. The highest BCUT2D eigenvalue weighted by Gasteiger charge is 2.33. The minimum Gasteiger partial charge on any atom is -0.301 e. The van der Waals surface area contributed by atoms with Gasteiger partial charge in [0.1, 0.15) is 0 Å². The van der Waals surface area contributed by atoms with Crippen LogP contribution >= 0.6 is 23.1 Å². The highest BCUT2D eigenvalue weighted by molar-refractivity contribution is 7.99. The number of rotatable bonds is 5. The second-order valence-corrected chi connectivity index (χ2v) is 9.17. The van der Waals surface area contributed by atoms with Gasteiger partial charge in [0.15, 0.2) is 5.16 Å². The molecule has 0 saturated heterocycles. The number of aryl methyl sites for hydroxylation is 2. The fourth-order valence-corrected chi connectivity index (χ4v) is 4.74. The van der Waals surface area contributed by atoms with Crippen molar-refractivity contribution in [1.29, 1.82) is 0 Å². The summed E-state index contributed by atoms with van der Waals surface area (Å²) in [6.45, 7) is 5.57. The number of nitrogens with one attached hydrogen (secondary N) is 1. The third-order valence-electron chi connectivity index (χ3n) is 5.14. The molecule has 8 heteroatoms. The average Bonchev–Trinajstić information content (AvgIpc) is 3.40. The van der Waals surface area contributed by atoms with E-state index in [9.17, 15) is 9.59 Å². The summed E-state index contributed by atoms with van der Waals surface area (Å²) in [5.41, 5.74) is 4.25. The molecule has 1 aliphatic rings. The molecule has 0 saturated carbocycles. The van der Waals surface area contributed by atoms with Crippen molar-refractivity contribution in [3.8, 4) is 0 Å². The van der Waals surface area contributed by atoms with E-state index in [0.717, 1.165) is 16.2 Å². The lowest BCUT2D eigenvalue weighted by molar-refractivity contribution is -0.130. The molecule has 6 nitrogen and oxygen atoms in total. The van der Waals surface area contributed by atoms with Crippen LogP contribution in [-0.2, 0) is 4.79 Å². The number of amides is 1. The van der Waals surface area contributed by atoms with E-state index in [1.54, 1.807) is 30.2 Å². The Balaban J connectivity index is 1.57. The van der Waals surface area contributed by atoms with E-state index < -0.39 is 0 Å². The Morgan fingerprint density at radius 2 is 2.00 bits per heavy atom. The maximum Gasteiger partial charge on any atom is 0.254 e. The SMILES string of the molecule is Cc1ccc(C2CC(c3cccs3)=NN2C(=O)CSc2nc(C)c(C)c(=O)[nH]2)cc1. The molecule has 0 bridgehead atoms. The van der Waals surface area contributed by atoms with Crippen LogP contribution in [-0.4, -0.2) is 32.3 Å². The van der Waals surface area contributed by atoms with Gasteiger partial charge in [0.05, 0.1) is 22.4 Å². The second-order valence-electron chi connectivity index (χ2n) is 7.26. The normalized spacial score (nSPS) is 16.0. The molecule has 3 aromatic rings. The molecule has 1 unspecified atom stereocenters. The molecule has 0 radical (unpaired) electrons. The van der Waals surface area contributed by atoms with Crippen molar-refractivity contribution in [2.45, 2.75) is 38.4 Å². The van der Waals surface area contributed by atoms with Gasteiger partial charge in [-0.3, -0.25) is 9.59 Å². The Bertz CT molecular complexity index is 1150. The highest BCUT2D eigenvalue weighted by atomic mass is 32.2. The van der Waals surface area contributed by atoms with Crippen LogP contribution in [0.5, 0.6) is 0 Å². The zero-order valence-corrected chi connectivity index (χ0v) is 18.6. The van der Waals surface area contributed by atoms with E-state index in [1.165, 1.54) is 17.3 Å². The van der Waals surface area contributed by atoms with Crippen LogP contribution in [0.25, 0.3) is 0 Å². The van der Waals surface area contributed by atoms with E-state index in [2.05, 4.69) is 39.3 Å². The Hall–Kier alpha value is -2.71. The molecule has 1 amide bonds. The maximum absolute atomic E-state index is 13.1. The Morgan fingerprint density at radius 1 is 1.23 bits per heavy atom. The Kier molecular flexibility index (Phi) is 5.87. The van der Waals surface area contributed by atoms with Crippen LogP contribution in [0.3, 0.4) is 0 Å².